The summed E-state index contributed by atoms with van der Waals surface area (Å²) in [7, 11) is 0. The van der Waals surface area contributed by atoms with Crippen LogP contribution in [0.25, 0.3) is 0 Å². The zero-order chi connectivity index (χ0) is 14.9. The molecule has 1 heteroatoms. The Morgan fingerprint density at radius 3 is 2.50 bits per heavy atom. The van der Waals surface area contributed by atoms with E-state index in [1.807, 2.05) is 0 Å². The van der Waals surface area contributed by atoms with Crippen molar-refractivity contribution in [2.45, 2.75) is 72.8 Å². The van der Waals surface area contributed by atoms with E-state index in [0.29, 0.717) is 17.4 Å². The van der Waals surface area contributed by atoms with E-state index in [9.17, 15) is 0 Å². The van der Waals surface area contributed by atoms with Crippen molar-refractivity contribution in [3.05, 3.63) is 23.3 Å². The monoisotopic (exact) mass is 275 g/mol. The Balaban J connectivity index is 1.97. The number of nitrogens with two attached hydrogens (primary N) is 1. The summed E-state index contributed by atoms with van der Waals surface area (Å²) in [5.41, 5.74) is 9.86. The Morgan fingerprint density at radius 1 is 1.30 bits per heavy atom. The highest BCUT2D eigenvalue weighted by Gasteiger charge is 2.39. The summed E-state index contributed by atoms with van der Waals surface area (Å²) >= 11 is 0. The van der Waals surface area contributed by atoms with Crippen LogP contribution in [-0.2, 0) is 0 Å². The maximum absolute atomic E-state index is 6.29. The molecule has 0 aromatic rings. The third kappa shape index (κ3) is 3.55. The first-order valence-electron chi connectivity index (χ1n) is 8.42. The normalized spacial score (nSPS) is 31.1. The first-order chi connectivity index (χ1) is 9.29. The second kappa shape index (κ2) is 6.05. The van der Waals surface area contributed by atoms with Gasteiger partial charge in [-0.2, -0.15) is 0 Å². The molecular weight excluding hydrogens is 242 g/mol. The molecule has 2 aliphatic rings. The van der Waals surface area contributed by atoms with Gasteiger partial charge in [0.15, 0.2) is 0 Å². The first kappa shape index (κ1) is 15.8. The minimum Gasteiger partial charge on any atom is -0.327 e. The molecule has 0 radical (unpaired) electrons. The lowest BCUT2D eigenvalue weighted by Gasteiger charge is -2.44. The third-order valence-corrected chi connectivity index (χ3v) is 5.60. The standard InChI is InChI=1S/C19H33N/c1-13(2)18(20)11-15-7-9-17(19(4,5)12-15)16-8-6-14(3)10-16/h6,10,13,15,17-18H,7-9,11-12,20H2,1-5H3/t15?,17?,18-/m0/s1. The van der Waals surface area contributed by atoms with Gasteiger partial charge >= 0.3 is 0 Å². The van der Waals surface area contributed by atoms with Gasteiger partial charge < -0.3 is 5.73 Å². The lowest BCUT2D eigenvalue weighted by atomic mass is 9.61. The fourth-order valence-corrected chi connectivity index (χ4v) is 4.26. The molecule has 0 spiro atoms. The maximum Gasteiger partial charge on any atom is 0.00645 e. The van der Waals surface area contributed by atoms with Gasteiger partial charge in [-0.25, -0.2) is 0 Å². The van der Waals surface area contributed by atoms with E-state index < -0.39 is 0 Å². The summed E-state index contributed by atoms with van der Waals surface area (Å²) in [6, 6.07) is 0.377. The summed E-state index contributed by atoms with van der Waals surface area (Å²) in [5, 5.41) is 0. The van der Waals surface area contributed by atoms with Crippen LogP contribution in [0, 0.1) is 23.2 Å². The molecule has 1 saturated carbocycles. The van der Waals surface area contributed by atoms with Crippen molar-refractivity contribution in [2.24, 2.45) is 28.9 Å². The van der Waals surface area contributed by atoms with Gasteiger partial charge in [0.05, 0.1) is 0 Å². The lowest BCUT2D eigenvalue weighted by Crippen LogP contribution is -2.37. The molecule has 3 atom stereocenters. The summed E-state index contributed by atoms with van der Waals surface area (Å²) in [6.07, 6.45) is 11.3. The van der Waals surface area contributed by atoms with Gasteiger partial charge in [0.1, 0.15) is 0 Å². The average molecular weight is 275 g/mol. The zero-order valence-corrected chi connectivity index (χ0v) is 14.1. The van der Waals surface area contributed by atoms with Gasteiger partial charge in [0, 0.05) is 6.04 Å². The van der Waals surface area contributed by atoms with E-state index in [2.05, 4.69) is 46.8 Å². The molecule has 0 saturated heterocycles. The molecule has 0 aromatic heterocycles. The summed E-state index contributed by atoms with van der Waals surface area (Å²) in [4.78, 5) is 0. The van der Waals surface area contributed by atoms with Crippen molar-refractivity contribution in [3.63, 3.8) is 0 Å². The van der Waals surface area contributed by atoms with Crippen LogP contribution in [0.15, 0.2) is 23.3 Å². The van der Waals surface area contributed by atoms with E-state index in [0.717, 1.165) is 11.8 Å². The molecule has 2 N–H and O–H groups in total. The third-order valence-electron chi connectivity index (χ3n) is 5.60. The van der Waals surface area contributed by atoms with Crippen molar-refractivity contribution >= 4 is 0 Å². The minimum atomic E-state index is 0.377. The molecule has 2 rings (SSSR count). The van der Waals surface area contributed by atoms with Crippen molar-refractivity contribution in [2.75, 3.05) is 0 Å². The average Bonchev–Trinajstić information content (AvgIpc) is 2.74. The van der Waals surface area contributed by atoms with Gasteiger partial charge in [0.2, 0.25) is 0 Å². The Hall–Kier alpha value is -0.560. The van der Waals surface area contributed by atoms with Crippen molar-refractivity contribution < 1.29 is 0 Å². The highest BCUT2D eigenvalue weighted by molar-refractivity contribution is 5.33. The van der Waals surface area contributed by atoms with Gasteiger partial charge in [-0.3, -0.25) is 0 Å². The van der Waals surface area contributed by atoms with Crippen molar-refractivity contribution in [3.8, 4) is 0 Å². The van der Waals surface area contributed by atoms with Crippen LogP contribution in [0.1, 0.15) is 66.7 Å². The number of rotatable bonds is 4. The Morgan fingerprint density at radius 2 is 2.00 bits per heavy atom. The molecule has 0 aliphatic heterocycles. The van der Waals surface area contributed by atoms with E-state index >= 15 is 0 Å². The predicted octanol–water partition coefficient (Wildman–Crippen LogP) is 5.08. The lowest BCUT2D eigenvalue weighted by molar-refractivity contribution is 0.106. The first-order valence-corrected chi connectivity index (χ1v) is 8.42. The molecule has 1 fully saturated rings. The molecule has 1 nitrogen and oxygen atoms in total. The highest BCUT2D eigenvalue weighted by Crippen LogP contribution is 2.49. The molecule has 0 aromatic carbocycles. The van der Waals surface area contributed by atoms with E-state index in [4.69, 9.17) is 5.73 Å². The number of allylic oxidation sites excluding steroid dienone is 4. The zero-order valence-electron chi connectivity index (χ0n) is 14.1. The summed E-state index contributed by atoms with van der Waals surface area (Å²) in [5.74, 6) is 2.22. The molecular formula is C19H33N. The van der Waals surface area contributed by atoms with E-state index in [1.54, 1.807) is 5.57 Å². The fourth-order valence-electron chi connectivity index (χ4n) is 4.26. The Bertz CT molecular complexity index is 400. The molecule has 0 amide bonds. The van der Waals surface area contributed by atoms with Gasteiger partial charge in [0.25, 0.3) is 0 Å². The summed E-state index contributed by atoms with van der Waals surface area (Å²) in [6.45, 7) is 11.7. The number of hydrogen-bond donors (Lipinski definition) is 1. The molecule has 0 bridgehead atoms. The predicted molar refractivity (Wildman–Crippen MR) is 88.5 cm³/mol. The van der Waals surface area contributed by atoms with Crippen LogP contribution in [0.5, 0.6) is 0 Å². The Labute approximate surface area is 125 Å². The topological polar surface area (TPSA) is 26.0 Å². The molecule has 2 aliphatic carbocycles. The minimum absolute atomic E-state index is 0.377. The van der Waals surface area contributed by atoms with Crippen LogP contribution in [-0.4, -0.2) is 6.04 Å². The van der Waals surface area contributed by atoms with Crippen LogP contribution in [0.4, 0.5) is 0 Å². The Kier molecular flexibility index (Phi) is 4.79. The highest BCUT2D eigenvalue weighted by atomic mass is 14.6. The van der Waals surface area contributed by atoms with Crippen LogP contribution < -0.4 is 5.73 Å². The SMILES string of the molecule is CC1=CCC(C2CCC(C[C@H](N)C(C)C)CC2(C)C)=C1. The van der Waals surface area contributed by atoms with Crippen LogP contribution in [0.2, 0.25) is 0 Å². The van der Waals surface area contributed by atoms with Crippen molar-refractivity contribution in [1.29, 1.82) is 0 Å². The van der Waals surface area contributed by atoms with Gasteiger partial charge in [-0.1, -0.05) is 51.0 Å². The van der Waals surface area contributed by atoms with Crippen LogP contribution in [0.3, 0.4) is 0 Å². The quantitative estimate of drug-likeness (QED) is 0.761. The van der Waals surface area contributed by atoms with Gasteiger partial charge in [-0.15, -0.1) is 0 Å². The molecule has 114 valence electrons. The van der Waals surface area contributed by atoms with E-state index in [-0.39, 0.29) is 0 Å². The maximum atomic E-state index is 6.29. The van der Waals surface area contributed by atoms with E-state index in [1.165, 1.54) is 37.7 Å². The molecule has 20 heavy (non-hydrogen) atoms. The van der Waals surface area contributed by atoms with Crippen LogP contribution >= 0.6 is 0 Å². The second-order valence-corrected chi connectivity index (χ2v) is 8.20. The molecule has 2 unspecified atom stereocenters. The summed E-state index contributed by atoms with van der Waals surface area (Å²) < 4.78 is 0. The van der Waals surface area contributed by atoms with Crippen molar-refractivity contribution in [1.82, 2.24) is 0 Å². The smallest absolute Gasteiger partial charge is 0.00645 e. The fraction of sp³-hybridized carbons (Fsp3) is 0.789. The second-order valence-electron chi connectivity index (χ2n) is 8.20. The molecule has 0 heterocycles. The number of hydrogen-bond acceptors (Lipinski definition) is 1. The largest absolute Gasteiger partial charge is 0.327 e. The van der Waals surface area contributed by atoms with Gasteiger partial charge in [-0.05, 0) is 62.2 Å².